The molecule has 3 atom stereocenters. The summed E-state index contributed by atoms with van der Waals surface area (Å²) in [5.41, 5.74) is 3.21. The van der Waals surface area contributed by atoms with E-state index in [1.807, 2.05) is 88.6 Å². The molecular weight excluding hydrogens is 771 g/mol. The predicted octanol–water partition coefficient (Wildman–Crippen LogP) is 6.38. The second kappa shape index (κ2) is 18.1. The standard InChI is InChI=1S/C39H46Cl2N6O5S.ClH/c1-3-52-33-24-27(2)34(53(50)46-14-4-5-15-46)25-32(33)38-42-36(28-6-10-30(40)11-7-28)37(29-8-12-31(41)13-9-29)47(38)39(49)45-18-16-43(17-19-45)26-35(48)44-20-22-51-23-21-44;/h6-13,24-25,36-37H,3-5,14-23,26H2,1-2H3;1H/t36-,37+,53?;/m0./s1. The number of carbonyl (C=O) groups excluding carboxylic acids is 2. The Hall–Kier alpha value is -3.23. The van der Waals surface area contributed by atoms with Gasteiger partial charge in [-0.3, -0.25) is 19.6 Å². The van der Waals surface area contributed by atoms with E-state index in [0.29, 0.717) is 97.7 Å². The molecule has 4 heterocycles. The highest BCUT2D eigenvalue weighted by Crippen LogP contribution is 2.46. The van der Waals surface area contributed by atoms with Gasteiger partial charge in [0.25, 0.3) is 0 Å². The first kappa shape index (κ1) is 40.4. The maximum absolute atomic E-state index is 15.1. The molecule has 0 bridgehead atoms. The van der Waals surface area contributed by atoms with Crippen LogP contribution in [0.25, 0.3) is 0 Å². The van der Waals surface area contributed by atoms with E-state index in [-0.39, 0.29) is 24.3 Å². The molecule has 15 heteroatoms. The number of hydrogen-bond acceptors (Lipinski definition) is 7. The molecule has 290 valence electrons. The number of benzene rings is 3. The van der Waals surface area contributed by atoms with Gasteiger partial charge in [-0.2, -0.15) is 0 Å². The molecule has 0 N–H and O–H groups in total. The lowest BCUT2D eigenvalue weighted by atomic mass is 9.93. The van der Waals surface area contributed by atoms with Crippen LogP contribution in [0.5, 0.6) is 5.75 Å². The summed E-state index contributed by atoms with van der Waals surface area (Å²) in [6.45, 7) is 10.4. The van der Waals surface area contributed by atoms with E-state index < -0.39 is 23.1 Å². The molecule has 1 unspecified atom stereocenters. The maximum atomic E-state index is 15.1. The quantitative estimate of drug-likeness (QED) is 0.249. The number of amidine groups is 1. The van der Waals surface area contributed by atoms with E-state index in [0.717, 1.165) is 42.6 Å². The van der Waals surface area contributed by atoms with Crippen molar-refractivity contribution in [2.24, 2.45) is 4.99 Å². The molecule has 4 aliphatic rings. The van der Waals surface area contributed by atoms with Gasteiger partial charge in [0.15, 0.2) is 0 Å². The topological polar surface area (TPSA) is 98.2 Å². The molecule has 4 aliphatic heterocycles. The van der Waals surface area contributed by atoms with Gasteiger partial charge in [-0.25, -0.2) is 13.3 Å². The van der Waals surface area contributed by atoms with Crippen molar-refractivity contribution >= 4 is 64.4 Å². The summed E-state index contributed by atoms with van der Waals surface area (Å²) in [5.74, 6) is 1.10. The van der Waals surface area contributed by atoms with E-state index in [2.05, 4.69) is 4.90 Å². The second-order valence-electron chi connectivity index (χ2n) is 13.8. The van der Waals surface area contributed by atoms with Gasteiger partial charge in [0.2, 0.25) is 5.91 Å². The Morgan fingerprint density at radius 2 is 1.46 bits per heavy atom. The first-order valence-corrected chi connectivity index (χ1v) is 20.3. The summed E-state index contributed by atoms with van der Waals surface area (Å²) in [4.78, 5) is 41.8. The average molecular weight is 818 g/mol. The summed E-state index contributed by atoms with van der Waals surface area (Å²) in [6, 6.07) is 17.7. The molecular formula is C39H47Cl3N6O5S. The van der Waals surface area contributed by atoms with Gasteiger partial charge in [-0.05, 0) is 79.8 Å². The minimum absolute atomic E-state index is 0. The monoisotopic (exact) mass is 816 g/mol. The van der Waals surface area contributed by atoms with Crippen molar-refractivity contribution in [1.29, 1.82) is 0 Å². The number of morpholine rings is 1. The van der Waals surface area contributed by atoms with Crippen molar-refractivity contribution in [2.45, 2.75) is 43.7 Å². The molecule has 3 fully saturated rings. The van der Waals surface area contributed by atoms with E-state index in [1.165, 1.54) is 0 Å². The van der Waals surface area contributed by atoms with Crippen LogP contribution >= 0.6 is 35.6 Å². The Balaban J connectivity index is 0.00000497. The molecule has 11 nitrogen and oxygen atoms in total. The number of urea groups is 1. The lowest BCUT2D eigenvalue weighted by Gasteiger charge is -2.39. The first-order valence-electron chi connectivity index (χ1n) is 18.4. The third-order valence-corrected chi connectivity index (χ3v) is 12.5. The van der Waals surface area contributed by atoms with Gasteiger partial charge < -0.3 is 19.3 Å². The molecule has 0 spiro atoms. The number of piperazine rings is 1. The molecule has 0 aromatic heterocycles. The fraction of sp³-hybridized carbons (Fsp3) is 0.462. The van der Waals surface area contributed by atoms with Crippen LogP contribution in [0.1, 0.15) is 54.1 Å². The van der Waals surface area contributed by atoms with Crippen LogP contribution < -0.4 is 4.74 Å². The highest BCUT2D eigenvalue weighted by molar-refractivity contribution is 7.82. The van der Waals surface area contributed by atoms with Crippen LogP contribution in [-0.4, -0.2) is 125 Å². The molecule has 3 amide bonds. The Morgan fingerprint density at radius 1 is 0.852 bits per heavy atom. The third-order valence-electron chi connectivity index (χ3n) is 10.4. The summed E-state index contributed by atoms with van der Waals surface area (Å²) in [7, 11) is -1.39. The summed E-state index contributed by atoms with van der Waals surface area (Å²) in [5, 5.41) is 1.19. The van der Waals surface area contributed by atoms with Gasteiger partial charge in [-0.15, -0.1) is 12.4 Å². The third kappa shape index (κ3) is 8.75. The van der Waals surface area contributed by atoms with Crippen LogP contribution in [0.15, 0.2) is 70.6 Å². The van der Waals surface area contributed by atoms with E-state index in [9.17, 15) is 9.00 Å². The zero-order chi connectivity index (χ0) is 37.1. The number of aliphatic imine (C=N–C) groups is 1. The van der Waals surface area contributed by atoms with Crippen molar-refractivity contribution in [1.82, 2.24) is 23.9 Å². The zero-order valence-electron chi connectivity index (χ0n) is 30.6. The van der Waals surface area contributed by atoms with Crippen LogP contribution in [0.4, 0.5) is 4.79 Å². The maximum Gasteiger partial charge on any atom is 0.326 e. The van der Waals surface area contributed by atoms with Gasteiger partial charge in [-0.1, -0.05) is 47.5 Å². The van der Waals surface area contributed by atoms with E-state index >= 15 is 4.79 Å². The van der Waals surface area contributed by atoms with Crippen LogP contribution in [0.3, 0.4) is 0 Å². The summed E-state index contributed by atoms with van der Waals surface area (Å²) in [6.07, 6.45) is 2.01. The first-order chi connectivity index (χ1) is 25.7. The number of ether oxygens (including phenoxy) is 2. The van der Waals surface area contributed by atoms with E-state index in [4.69, 9.17) is 37.7 Å². The predicted molar refractivity (Wildman–Crippen MR) is 214 cm³/mol. The van der Waals surface area contributed by atoms with Crippen molar-refractivity contribution in [2.75, 3.05) is 78.7 Å². The Morgan fingerprint density at radius 3 is 2.07 bits per heavy atom. The lowest BCUT2D eigenvalue weighted by molar-refractivity contribution is -0.136. The smallest absolute Gasteiger partial charge is 0.326 e. The van der Waals surface area contributed by atoms with Gasteiger partial charge in [0.05, 0.1) is 42.9 Å². The number of amides is 3. The minimum atomic E-state index is -1.39. The number of halogens is 3. The highest BCUT2D eigenvalue weighted by Gasteiger charge is 2.45. The van der Waals surface area contributed by atoms with Gasteiger partial charge in [0, 0.05) is 62.4 Å². The van der Waals surface area contributed by atoms with Crippen molar-refractivity contribution in [3.8, 4) is 5.75 Å². The Labute approximate surface area is 336 Å². The number of hydrogen-bond donors (Lipinski definition) is 0. The van der Waals surface area contributed by atoms with Gasteiger partial charge in [0.1, 0.15) is 28.6 Å². The van der Waals surface area contributed by atoms with Crippen LogP contribution in [0.2, 0.25) is 10.0 Å². The number of rotatable bonds is 9. The Kier molecular flexibility index (Phi) is 13.6. The highest BCUT2D eigenvalue weighted by atomic mass is 35.5. The van der Waals surface area contributed by atoms with Gasteiger partial charge >= 0.3 is 6.03 Å². The number of carbonyl (C=O) groups is 2. The molecule has 54 heavy (non-hydrogen) atoms. The summed E-state index contributed by atoms with van der Waals surface area (Å²) < 4.78 is 27.7. The molecule has 0 radical (unpaired) electrons. The minimum Gasteiger partial charge on any atom is -0.493 e. The Bertz CT molecular complexity index is 1850. The van der Waals surface area contributed by atoms with Crippen LogP contribution in [-0.2, 0) is 20.5 Å². The molecule has 3 aromatic rings. The second-order valence-corrected chi connectivity index (χ2v) is 16.1. The normalized spacial score (nSPS) is 21.5. The number of aryl methyl sites for hydroxylation is 1. The number of nitrogens with zero attached hydrogens (tertiary/aromatic N) is 6. The molecule has 0 saturated carbocycles. The lowest BCUT2D eigenvalue weighted by Crippen LogP contribution is -2.56. The zero-order valence-corrected chi connectivity index (χ0v) is 33.8. The largest absolute Gasteiger partial charge is 0.493 e. The molecule has 3 saturated heterocycles. The fourth-order valence-corrected chi connectivity index (χ4v) is 9.17. The molecule has 0 aliphatic carbocycles. The van der Waals surface area contributed by atoms with Crippen molar-refractivity contribution in [3.63, 3.8) is 0 Å². The van der Waals surface area contributed by atoms with Crippen LogP contribution in [0, 0.1) is 6.92 Å². The average Bonchev–Trinajstić information content (AvgIpc) is 3.86. The van der Waals surface area contributed by atoms with Crippen molar-refractivity contribution < 1.29 is 23.3 Å². The fourth-order valence-electron chi connectivity index (χ4n) is 7.50. The summed E-state index contributed by atoms with van der Waals surface area (Å²) >= 11 is 12.7. The molecule has 7 rings (SSSR count). The SMILES string of the molecule is CCOc1cc(C)c(S(=O)N2CCCC2)cc1C1=N[C@@H](c2ccc(Cl)cc2)[C@@H](c2ccc(Cl)cc2)N1C(=O)N1CCN(CC(=O)N2CCOCC2)CC1.Cl. The van der Waals surface area contributed by atoms with Crippen molar-refractivity contribution in [3.05, 3.63) is 93.0 Å². The van der Waals surface area contributed by atoms with E-state index in [1.54, 1.807) is 4.90 Å². The molecule has 3 aromatic carbocycles.